The average molecular weight is 1410 g/mol. The molecule has 0 aliphatic heterocycles. The number of aliphatic hydroxyl groups is 1. The maximum Gasteiger partial charge on any atom is 0.472 e. The van der Waals surface area contributed by atoms with Crippen molar-refractivity contribution in [3.8, 4) is 0 Å². The Labute approximate surface area is 588 Å². The summed E-state index contributed by atoms with van der Waals surface area (Å²) in [6.07, 6.45) is 51.5. The summed E-state index contributed by atoms with van der Waals surface area (Å²) < 4.78 is 68.5. The van der Waals surface area contributed by atoms with Crippen LogP contribution in [0, 0.1) is 23.7 Å². The largest absolute Gasteiger partial charge is 0.472 e. The van der Waals surface area contributed by atoms with Gasteiger partial charge in [0.2, 0.25) is 0 Å². The van der Waals surface area contributed by atoms with E-state index in [1.807, 2.05) is 0 Å². The van der Waals surface area contributed by atoms with Gasteiger partial charge in [0.1, 0.15) is 19.3 Å². The Balaban J connectivity index is 5.19. The summed E-state index contributed by atoms with van der Waals surface area (Å²) in [5.74, 6) is 0.983. The van der Waals surface area contributed by atoms with Gasteiger partial charge in [0.15, 0.2) is 12.2 Å². The molecule has 17 nitrogen and oxygen atoms in total. The van der Waals surface area contributed by atoms with Gasteiger partial charge in [-0.15, -0.1) is 0 Å². The summed E-state index contributed by atoms with van der Waals surface area (Å²) in [5, 5.41) is 10.6. The van der Waals surface area contributed by atoms with E-state index in [2.05, 4.69) is 55.4 Å². The molecule has 570 valence electrons. The molecule has 0 aromatic carbocycles. The van der Waals surface area contributed by atoms with E-state index < -0.39 is 97.5 Å². The van der Waals surface area contributed by atoms with Crippen molar-refractivity contribution < 1.29 is 80.2 Å². The second kappa shape index (κ2) is 66.3. The first-order valence-corrected chi connectivity index (χ1v) is 42.8. The molecule has 19 heteroatoms. The standard InChI is InChI=1S/C77H150O17P2/c1-9-68(6)54-46-38-30-24-20-18-16-14-12-13-15-17-19-21-27-33-43-51-59-76(81)93-72(63-87-74(79)57-49-41-32-26-23-22-25-31-39-47-55-69(7)10-2)65-91-95(83,84)89-61-71(78)62-90-96(85,86)92-66-73(94-77(82)60-52-44-34-28-29-37-45-53-67(4)5)64-88-75(80)58-50-42-36-35-40-48-56-70(8)11-3/h67-73,78H,9-66H2,1-8H3,(H,83,84)(H,85,86)/t68?,69?,70?,71-,72-,73-/m1/s1. The molecule has 0 radical (unpaired) electrons. The van der Waals surface area contributed by atoms with Gasteiger partial charge in [-0.1, -0.05) is 338 Å². The van der Waals surface area contributed by atoms with Gasteiger partial charge in [-0.2, -0.15) is 0 Å². The molecule has 0 aromatic rings. The monoisotopic (exact) mass is 1410 g/mol. The third-order valence-corrected chi connectivity index (χ3v) is 20.8. The highest BCUT2D eigenvalue weighted by molar-refractivity contribution is 7.47. The zero-order valence-corrected chi connectivity index (χ0v) is 64.8. The SMILES string of the molecule is CCC(C)CCCCCCCCCCCCCCCCCCCCC(=O)O[C@H](COC(=O)CCCCCCCCCCCCC(C)CC)COP(=O)(O)OC[C@@H](O)COP(=O)(O)OC[C@@H](COC(=O)CCCCCCCCC(C)CC)OC(=O)CCCCCCCCCC(C)C. The summed E-state index contributed by atoms with van der Waals surface area (Å²) in [5.41, 5.74) is 0. The molecule has 0 amide bonds. The van der Waals surface area contributed by atoms with Crippen molar-refractivity contribution in [2.45, 2.75) is 408 Å². The van der Waals surface area contributed by atoms with E-state index in [9.17, 15) is 43.2 Å². The number of unbranched alkanes of at least 4 members (excludes halogenated alkanes) is 37. The van der Waals surface area contributed by atoms with Gasteiger partial charge in [0, 0.05) is 25.7 Å². The number of phosphoric ester groups is 2. The molecule has 0 fully saturated rings. The van der Waals surface area contributed by atoms with Crippen LogP contribution in [0.3, 0.4) is 0 Å². The van der Waals surface area contributed by atoms with Crippen LogP contribution in [-0.4, -0.2) is 96.7 Å². The van der Waals surface area contributed by atoms with Gasteiger partial charge < -0.3 is 33.8 Å². The van der Waals surface area contributed by atoms with Gasteiger partial charge >= 0.3 is 39.5 Å². The summed E-state index contributed by atoms with van der Waals surface area (Å²) in [6.45, 7) is 14.2. The number of aliphatic hydroxyl groups excluding tert-OH is 1. The van der Waals surface area contributed by atoms with Gasteiger partial charge in [0.25, 0.3) is 0 Å². The Morgan fingerprint density at radius 2 is 0.500 bits per heavy atom. The van der Waals surface area contributed by atoms with Crippen molar-refractivity contribution in [1.29, 1.82) is 0 Å². The summed E-state index contributed by atoms with van der Waals surface area (Å²) in [6, 6.07) is 0. The lowest BCUT2D eigenvalue weighted by molar-refractivity contribution is -0.161. The summed E-state index contributed by atoms with van der Waals surface area (Å²) in [4.78, 5) is 72.8. The summed E-state index contributed by atoms with van der Waals surface area (Å²) in [7, 11) is -9.91. The fourth-order valence-corrected chi connectivity index (χ4v) is 13.2. The Bertz CT molecular complexity index is 1890. The van der Waals surface area contributed by atoms with E-state index >= 15 is 0 Å². The Kier molecular flexibility index (Phi) is 65.0. The van der Waals surface area contributed by atoms with E-state index in [1.165, 1.54) is 186 Å². The zero-order valence-electron chi connectivity index (χ0n) is 63.0. The number of carbonyl (C=O) groups excluding carboxylic acids is 4. The van der Waals surface area contributed by atoms with Crippen molar-refractivity contribution in [2.75, 3.05) is 39.6 Å². The maximum absolute atomic E-state index is 13.1. The number of rotatable bonds is 74. The lowest BCUT2D eigenvalue weighted by atomic mass is 9.99. The molecule has 0 heterocycles. The fraction of sp³-hybridized carbons (Fsp3) is 0.948. The van der Waals surface area contributed by atoms with Crippen LogP contribution >= 0.6 is 15.6 Å². The van der Waals surface area contributed by atoms with E-state index in [1.54, 1.807) is 0 Å². The van der Waals surface area contributed by atoms with Crippen LogP contribution in [-0.2, 0) is 65.4 Å². The van der Waals surface area contributed by atoms with Crippen molar-refractivity contribution in [1.82, 2.24) is 0 Å². The van der Waals surface area contributed by atoms with Crippen LogP contribution < -0.4 is 0 Å². The van der Waals surface area contributed by atoms with Gasteiger partial charge in [-0.3, -0.25) is 37.3 Å². The Morgan fingerprint density at radius 3 is 0.740 bits per heavy atom. The maximum atomic E-state index is 13.1. The van der Waals surface area contributed by atoms with Crippen LogP contribution in [0.1, 0.15) is 389 Å². The van der Waals surface area contributed by atoms with E-state index in [0.717, 1.165) is 114 Å². The number of esters is 4. The molecule has 96 heavy (non-hydrogen) atoms. The zero-order chi connectivity index (χ0) is 71.0. The van der Waals surface area contributed by atoms with Crippen molar-refractivity contribution in [3.05, 3.63) is 0 Å². The molecule has 0 bridgehead atoms. The lowest BCUT2D eigenvalue weighted by Gasteiger charge is -2.21. The van der Waals surface area contributed by atoms with Crippen LogP contribution in [0.15, 0.2) is 0 Å². The van der Waals surface area contributed by atoms with Gasteiger partial charge in [-0.05, 0) is 49.4 Å². The third kappa shape index (κ3) is 66.6. The third-order valence-electron chi connectivity index (χ3n) is 18.9. The minimum atomic E-state index is -4.96. The number of carbonyl (C=O) groups is 4. The average Bonchev–Trinajstić information content (AvgIpc) is 1.26. The van der Waals surface area contributed by atoms with E-state index in [4.69, 9.17) is 37.0 Å². The number of phosphoric acid groups is 2. The van der Waals surface area contributed by atoms with E-state index in [-0.39, 0.29) is 25.7 Å². The molecule has 0 aliphatic rings. The molecule has 0 aliphatic carbocycles. The molecular weight excluding hydrogens is 1260 g/mol. The number of hydrogen-bond donors (Lipinski definition) is 3. The number of ether oxygens (including phenoxy) is 4. The molecule has 5 unspecified atom stereocenters. The first-order valence-electron chi connectivity index (χ1n) is 39.8. The molecule has 0 rings (SSSR count). The van der Waals surface area contributed by atoms with Crippen LogP contribution in [0.2, 0.25) is 0 Å². The second-order valence-corrected chi connectivity index (χ2v) is 31.9. The quantitative estimate of drug-likeness (QED) is 0.0222. The van der Waals surface area contributed by atoms with Crippen LogP contribution in [0.4, 0.5) is 0 Å². The fourth-order valence-electron chi connectivity index (χ4n) is 11.6. The molecule has 0 spiro atoms. The smallest absolute Gasteiger partial charge is 0.462 e. The highest BCUT2D eigenvalue weighted by Gasteiger charge is 2.30. The van der Waals surface area contributed by atoms with Crippen LogP contribution in [0.5, 0.6) is 0 Å². The Hall–Kier alpha value is -1.94. The van der Waals surface area contributed by atoms with Crippen molar-refractivity contribution in [2.24, 2.45) is 23.7 Å². The second-order valence-electron chi connectivity index (χ2n) is 28.9. The minimum absolute atomic E-state index is 0.102. The Morgan fingerprint density at radius 1 is 0.292 bits per heavy atom. The van der Waals surface area contributed by atoms with E-state index in [0.29, 0.717) is 31.6 Å². The molecule has 0 saturated carbocycles. The first kappa shape index (κ1) is 94.1. The molecular formula is C77H150O17P2. The minimum Gasteiger partial charge on any atom is -0.462 e. The topological polar surface area (TPSA) is 237 Å². The molecule has 0 aromatic heterocycles. The van der Waals surface area contributed by atoms with Crippen molar-refractivity contribution in [3.63, 3.8) is 0 Å². The molecule has 0 saturated heterocycles. The highest BCUT2D eigenvalue weighted by atomic mass is 31.2. The summed E-state index contributed by atoms with van der Waals surface area (Å²) >= 11 is 0. The lowest BCUT2D eigenvalue weighted by Crippen LogP contribution is -2.30. The predicted molar refractivity (Wildman–Crippen MR) is 391 cm³/mol. The number of hydrogen-bond acceptors (Lipinski definition) is 15. The van der Waals surface area contributed by atoms with Crippen molar-refractivity contribution >= 4 is 39.5 Å². The van der Waals surface area contributed by atoms with Crippen LogP contribution in [0.25, 0.3) is 0 Å². The normalized spacial score (nSPS) is 15.0. The van der Waals surface area contributed by atoms with Gasteiger partial charge in [0.05, 0.1) is 26.4 Å². The first-order chi connectivity index (χ1) is 46.2. The predicted octanol–water partition coefficient (Wildman–Crippen LogP) is 22.4. The molecule has 8 atom stereocenters. The highest BCUT2D eigenvalue weighted by Crippen LogP contribution is 2.45. The van der Waals surface area contributed by atoms with Gasteiger partial charge in [-0.25, -0.2) is 9.13 Å². The molecule has 3 N–H and O–H groups in total.